The summed E-state index contributed by atoms with van der Waals surface area (Å²) in [5, 5.41) is 2.74. The zero-order valence-corrected chi connectivity index (χ0v) is 18.6. The number of para-hydroxylation sites is 1. The average molecular weight is 437 g/mol. The maximum atomic E-state index is 13.3. The molecule has 0 bridgehead atoms. The summed E-state index contributed by atoms with van der Waals surface area (Å²) in [7, 11) is -3.76. The van der Waals surface area contributed by atoms with E-state index in [9.17, 15) is 17.6 Å². The van der Waals surface area contributed by atoms with Crippen LogP contribution in [0, 0.1) is 5.82 Å². The van der Waals surface area contributed by atoms with Gasteiger partial charge in [0.2, 0.25) is 15.9 Å². The van der Waals surface area contributed by atoms with Gasteiger partial charge in [-0.1, -0.05) is 39.0 Å². The number of rotatable bonds is 10. The van der Waals surface area contributed by atoms with E-state index < -0.39 is 27.8 Å². The average Bonchev–Trinajstić information content (AvgIpc) is 2.69. The van der Waals surface area contributed by atoms with Crippen molar-refractivity contribution in [1.82, 2.24) is 5.32 Å². The Hall–Kier alpha value is -2.61. The summed E-state index contributed by atoms with van der Waals surface area (Å²) < 4.78 is 44.8. The van der Waals surface area contributed by atoms with Crippen LogP contribution < -0.4 is 14.4 Å². The highest BCUT2D eigenvalue weighted by Crippen LogP contribution is 2.26. The lowest BCUT2D eigenvalue weighted by molar-refractivity contribution is -0.122. The first-order chi connectivity index (χ1) is 14.1. The van der Waals surface area contributed by atoms with Crippen molar-refractivity contribution in [3.8, 4) is 5.75 Å². The first-order valence-electron chi connectivity index (χ1n) is 9.89. The van der Waals surface area contributed by atoms with Crippen molar-refractivity contribution in [2.75, 3.05) is 23.7 Å². The fourth-order valence-corrected chi connectivity index (χ4v) is 4.40. The number of carbonyl (C=O) groups excluding carboxylic acids is 1. The standard InChI is InChI=1S/C22H29FN2O4S/c1-5-20(25(30(4,27)28)18-12-10-17(23)11-13-18)22(26)24-14-15-29-21-9-7-6-8-19(21)16(2)3/h6-13,16,20H,5,14-15H2,1-4H3,(H,24,26)/t20-/m1/s1. The maximum Gasteiger partial charge on any atom is 0.244 e. The minimum atomic E-state index is -3.76. The van der Waals surface area contributed by atoms with Crippen molar-refractivity contribution in [3.63, 3.8) is 0 Å². The molecule has 0 saturated carbocycles. The van der Waals surface area contributed by atoms with Crippen molar-refractivity contribution in [2.45, 2.75) is 39.2 Å². The Morgan fingerprint density at radius 3 is 2.33 bits per heavy atom. The van der Waals surface area contributed by atoms with E-state index in [0.717, 1.165) is 34.0 Å². The Kier molecular flexibility index (Phi) is 8.23. The van der Waals surface area contributed by atoms with Crippen LogP contribution >= 0.6 is 0 Å². The molecule has 0 radical (unpaired) electrons. The topological polar surface area (TPSA) is 75.7 Å². The molecule has 30 heavy (non-hydrogen) atoms. The fourth-order valence-electron chi connectivity index (χ4n) is 3.19. The lowest BCUT2D eigenvalue weighted by atomic mass is 10.0. The highest BCUT2D eigenvalue weighted by molar-refractivity contribution is 7.92. The number of halogens is 1. The summed E-state index contributed by atoms with van der Waals surface area (Å²) in [6, 6.07) is 11.8. The van der Waals surface area contributed by atoms with E-state index in [1.165, 1.54) is 12.1 Å². The molecule has 6 nitrogen and oxygen atoms in total. The van der Waals surface area contributed by atoms with Crippen molar-refractivity contribution < 1.29 is 22.3 Å². The molecule has 164 valence electrons. The minimum absolute atomic E-state index is 0.225. The number of hydrogen-bond acceptors (Lipinski definition) is 4. The molecule has 0 heterocycles. The smallest absolute Gasteiger partial charge is 0.244 e. The number of sulfonamides is 1. The molecule has 0 aliphatic carbocycles. The van der Waals surface area contributed by atoms with E-state index in [1.807, 2.05) is 24.3 Å². The van der Waals surface area contributed by atoms with Gasteiger partial charge < -0.3 is 10.1 Å². The number of anilines is 1. The Balaban J connectivity index is 2.05. The normalized spacial score (nSPS) is 12.5. The van der Waals surface area contributed by atoms with Gasteiger partial charge in [-0.2, -0.15) is 0 Å². The number of hydrogen-bond donors (Lipinski definition) is 1. The predicted molar refractivity (Wildman–Crippen MR) is 117 cm³/mol. The SMILES string of the molecule is CC[C@H](C(=O)NCCOc1ccccc1C(C)C)N(c1ccc(F)cc1)S(C)(=O)=O. The largest absolute Gasteiger partial charge is 0.491 e. The van der Waals surface area contributed by atoms with Gasteiger partial charge in [0.05, 0.1) is 18.5 Å². The highest BCUT2D eigenvalue weighted by Gasteiger charge is 2.31. The van der Waals surface area contributed by atoms with Crippen molar-refractivity contribution in [3.05, 3.63) is 59.9 Å². The lowest BCUT2D eigenvalue weighted by Crippen LogP contribution is -2.50. The van der Waals surface area contributed by atoms with Gasteiger partial charge in [0.1, 0.15) is 24.2 Å². The molecule has 0 saturated heterocycles. The number of carbonyl (C=O) groups is 1. The number of nitrogens with zero attached hydrogens (tertiary/aromatic N) is 1. The molecule has 0 aromatic heterocycles. The van der Waals surface area contributed by atoms with E-state index in [1.54, 1.807) is 6.92 Å². The first-order valence-corrected chi connectivity index (χ1v) is 11.7. The van der Waals surface area contributed by atoms with Gasteiger partial charge in [0.15, 0.2) is 0 Å². The third kappa shape index (κ3) is 6.19. The molecule has 1 atom stereocenters. The summed E-state index contributed by atoms with van der Waals surface area (Å²) in [5.74, 6) is 0.147. The molecule has 2 aromatic carbocycles. The zero-order chi connectivity index (χ0) is 22.3. The van der Waals surface area contributed by atoms with Crippen LogP contribution in [0.3, 0.4) is 0 Å². The van der Waals surface area contributed by atoms with Crippen LogP contribution in [0.2, 0.25) is 0 Å². The van der Waals surface area contributed by atoms with E-state index in [-0.39, 0.29) is 25.3 Å². The lowest BCUT2D eigenvalue weighted by Gasteiger charge is -2.30. The van der Waals surface area contributed by atoms with Gasteiger partial charge in [-0.25, -0.2) is 12.8 Å². The van der Waals surface area contributed by atoms with Gasteiger partial charge in [0.25, 0.3) is 0 Å². The molecule has 1 amide bonds. The van der Waals surface area contributed by atoms with E-state index in [2.05, 4.69) is 19.2 Å². The van der Waals surface area contributed by atoms with Crippen molar-refractivity contribution >= 4 is 21.6 Å². The van der Waals surface area contributed by atoms with Crippen LogP contribution in [0.1, 0.15) is 38.7 Å². The summed E-state index contributed by atoms with van der Waals surface area (Å²) >= 11 is 0. The second-order valence-electron chi connectivity index (χ2n) is 7.29. The first kappa shape index (κ1) is 23.7. The van der Waals surface area contributed by atoms with Crippen LogP contribution in [0.15, 0.2) is 48.5 Å². The summed E-state index contributed by atoms with van der Waals surface area (Å²) in [5.41, 5.74) is 1.32. The Labute approximate surface area is 178 Å². The highest BCUT2D eigenvalue weighted by atomic mass is 32.2. The second-order valence-corrected chi connectivity index (χ2v) is 9.15. The maximum absolute atomic E-state index is 13.3. The fraction of sp³-hybridized carbons (Fsp3) is 0.409. The number of ether oxygens (including phenoxy) is 1. The molecule has 0 aliphatic heterocycles. The van der Waals surface area contributed by atoms with Gasteiger partial charge in [-0.15, -0.1) is 0 Å². The third-order valence-corrected chi connectivity index (χ3v) is 5.79. The Morgan fingerprint density at radius 2 is 1.77 bits per heavy atom. The number of benzene rings is 2. The predicted octanol–water partition coefficient (Wildman–Crippen LogP) is 3.69. The molecule has 2 rings (SSSR count). The van der Waals surface area contributed by atoms with Gasteiger partial charge in [0, 0.05) is 0 Å². The molecular formula is C22H29FN2O4S. The van der Waals surface area contributed by atoms with Gasteiger partial charge in [-0.05, 0) is 48.2 Å². The minimum Gasteiger partial charge on any atom is -0.491 e. The molecule has 2 aromatic rings. The summed E-state index contributed by atoms with van der Waals surface area (Å²) in [4.78, 5) is 12.7. The van der Waals surface area contributed by atoms with Crippen molar-refractivity contribution in [2.24, 2.45) is 0 Å². The van der Waals surface area contributed by atoms with Crippen LogP contribution in [-0.4, -0.2) is 39.8 Å². The second kappa shape index (κ2) is 10.4. The zero-order valence-electron chi connectivity index (χ0n) is 17.8. The molecule has 1 N–H and O–H groups in total. The molecule has 8 heteroatoms. The summed E-state index contributed by atoms with van der Waals surface area (Å²) in [6.07, 6.45) is 1.28. The number of amides is 1. The monoisotopic (exact) mass is 436 g/mol. The van der Waals surface area contributed by atoms with Gasteiger partial charge in [-0.3, -0.25) is 9.10 Å². The van der Waals surface area contributed by atoms with Crippen molar-refractivity contribution in [1.29, 1.82) is 0 Å². The van der Waals surface area contributed by atoms with E-state index in [0.29, 0.717) is 5.92 Å². The van der Waals surface area contributed by atoms with Crippen LogP contribution in [0.5, 0.6) is 5.75 Å². The quantitative estimate of drug-likeness (QED) is 0.577. The van der Waals surface area contributed by atoms with E-state index >= 15 is 0 Å². The summed E-state index contributed by atoms with van der Waals surface area (Å²) in [6.45, 7) is 6.35. The van der Waals surface area contributed by atoms with Crippen LogP contribution in [0.4, 0.5) is 10.1 Å². The molecule has 0 fully saturated rings. The molecular weight excluding hydrogens is 407 g/mol. The Morgan fingerprint density at radius 1 is 1.13 bits per heavy atom. The molecule has 0 aliphatic rings. The van der Waals surface area contributed by atoms with Crippen LogP contribution in [-0.2, 0) is 14.8 Å². The Bertz CT molecular complexity index is 946. The third-order valence-electron chi connectivity index (χ3n) is 4.61. The molecule has 0 unspecified atom stereocenters. The van der Waals surface area contributed by atoms with E-state index in [4.69, 9.17) is 4.74 Å². The van der Waals surface area contributed by atoms with Gasteiger partial charge >= 0.3 is 0 Å². The van der Waals surface area contributed by atoms with Crippen LogP contribution in [0.25, 0.3) is 0 Å². The molecule has 0 spiro atoms. The number of nitrogens with one attached hydrogen (secondary N) is 1.